The van der Waals surface area contributed by atoms with Gasteiger partial charge in [0.1, 0.15) is 11.4 Å². The summed E-state index contributed by atoms with van der Waals surface area (Å²) in [4.78, 5) is 21.4. The first-order valence-electron chi connectivity index (χ1n) is 8.38. The first kappa shape index (κ1) is 15.7. The van der Waals surface area contributed by atoms with E-state index in [1.165, 1.54) is 0 Å². The molecular formula is C19H20N4O2. The zero-order valence-electron chi connectivity index (χ0n) is 14.1. The molecule has 6 heteroatoms. The second kappa shape index (κ2) is 6.57. The van der Waals surface area contributed by atoms with Gasteiger partial charge in [0.05, 0.1) is 11.9 Å². The second-order valence-corrected chi connectivity index (χ2v) is 6.30. The quantitative estimate of drug-likeness (QED) is 0.797. The molecule has 0 bridgehead atoms. The van der Waals surface area contributed by atoms with Crippen LogP contribution in [0.3, 0.4) is 0 Å². The van der Waals surface area contributed by atoms with Crippen LogP contribution in [0.5, 0.6) is 0 Å². The number of rotatable bonds is 3. The summed E-state index contributed by atoms with van der Waals surface area (Å²) < 4.78 is 5.59. The largest absolute Gasteiger partial charge is 0.451 e. The Labute approximate surface area is 146 Å². The fourth-order valence-corrected chi connectivity index (χ4v) is 2.97. The van der Waals surface area contributed by atoms with E-state index in [1.54, 1.807) is 12.3 Å². The number of furan rings is 1. The minimum absolute atomic E-state index is 0.273. The van der Waals surface area contributed by atoms with Crippen molar-refractivity contribution in [3.8, 4) is 0 Å². The molecule has 25 heavy (non-hydrogen) atoms. The van der Waals surface area contributed by atoms with E-state index in [0.29, 0.717) is 17.0 Å². The molecule has 1 aromatic carbocycles. The van der Waals surface area contributed by atoms with Crippen LogP contribution in [0.25, 0.3) is 11.0 Å². The van der Waals surface area contributed by atoms with Crippen molar-refractivity contribution in [2.24, 2.45) is 0 Å². The number of para-hydroxylation sites is 1. The number of pyridine rings is 1. The number of hydrogen-bond donors (Lipinski definition) is 1. The number of carbonyl (C=O) groups is 1. The summed E-state index contributed by atoms with van der Waals surface area (Å²) in [5.74, 6) is 0.963. The average molecular weight is 336 g/mol. The number of hydrogen-bond acceptors (Lipinski definition) is 5. The molecule has 128 valence electrons. The number of anilines is 2. The standard InChI is InChI=1S/C19H20N4O2/c1-22-8-10-23(11-9-22)18-7-6-15(13-20-18)21-19(24)17-12-14-4-2-3-5-16(14)25-17/h2-7,12-13H,8-11H2,1H3,(H,21,24). The summed E-state index contributed by atoms with van der Waals surface area (Å²) in [6.07, 6.45) is 1.69. The number of nitrogens with one attached hydrogen (secondary N) is 1. The third-order valence-corrected chi connectivity index (χ3v) is 4.48. The maximum absolute atomic E-state index is 12.4. The highest BCUT2D eigenvalue weighted by Gasteiger charge is 2.16. The Morgan fingerprint density at radius 3 is 2.64 bits per heavy atom. The summed E-state index contributed by atoms with van der Waals surface area (Å²) in [6.45, 7) is 4.00. The molecule has 6 nitrogen and oxygen atoms in total. The first-order chi connectivity index (χ1) is 12.2. The molecule has 0 radical (unpaired) electrons. The van der Waals surface area contributed by atoms with E-state index in [2.05, 4.69) is 27.1 Å². The van der Waals surface area contributed by atoms with Gasteiger partial charge in [-0.3, -0.25) is 4.79 Å². The molecule has 4 rings (SSSR count). The van der Waals surface area contributed by atoms with Crippen molar-refractivity contribution in [2.75, 3.05) is 43.4 Å². The highest BCUT2D eigenvalue weighted by atomic mass is 16.3. The molecule has 1 aliphatic heterocycles. The molecule has 1 N–H and O–H groups in total. The third kappa shape index (κ3) is 3.34. The summed E-state index contributed by atoms with van der Waals surface area (Å²) in [7, 11) is 2.13. The van der Waals surface area contributed by atoms with Crippen LogP contribution in [0.15, 0.2) is 53.1 Å². The monoisotopic (exact) mass is 336 g/mol. The van der Waals surface area contributed by atoms with Gasteiger partial charge in [0.15, 0.2) is 5.76 Å². The Kier molecular flexibility index (Phi) is 4.11. The zero-order chi connectivity index (χ0) is 17.2. The molecule has 1 fully saturated rings. The lowest BCUT2D eigenvalue weighted by atomic mass is 10.2. The molecule has 3 aromatic rings. The predicted molar refractivity (Wildman–Crippen MR) is 98.1 cm³/mol. The average Bonchev–Trinajstić information content (AvgIpc) is 3.07. The molecule has 0 unspecified atom stereocenters. The van der Waals surface area contributed by atoms with Crippen LogP contribution in [0, 0.1) is 0 Å². The lowest BCUT2D eigenvalue weighted by molar-refractivity contribution is 0.0998. The van der Waals surface area contributed by atoms with Gasteiger partial charge in [0.25, 0.3) is 5.91 Å². The van der Waals surface area contributed by atoms with Gasteiger partial charge in [0.2, 0.25) is 0 Å². The number of benzene rings is 1. The maximum Gasteiger partial charge on any atom is 0.291 e. The number of aromatic nitrogens is 1. The smallest absolute Gasteiger partial charge is 0.291 e. The second-order valence-electron chi connectivity index (χ2n) is 6.30. The predicted octanol–water partition coefficient (Wildman–Crippen LogP) is 2.83. The molecule has 1 saturated heterocycles. The highest BCUT2D eigenvalue weighted by Crippen LogP contribution is 2.20. The number of likely N-dealkylation sites (N-methyl/N-ethyl adjacent to an activating group) is 1. The molecule has 3 heterocycles. The van der Waals surface area contributed by atoms with Gasteiger partial charge in [-0.1, -0.05) is 18.2 Å². The Hall–Kier alpha value is -2.86. The van der Waals surface area contributed by atoms with Gasteiger partial charge >= 0.3 is 0 Å². The van der Waals surface area contributed by atoms with Gasteiger partial charge in [-0.15, -0.1) is 0 Å². The van der Waals surface area contributed by atoms with E-state index < -0.39 is 0 Å². The number of fused-ring (bicyclic) bond motifs is 1. The van der Waals surface area contributed by atoms with Crippen molar-refractivity contribution in [1.82, 2.24) is 9.88 Å². The summed E-state index contributed by atoms with van der Waals surface area (Å²) in [5.41, 5.74) is 1.36. The summed E-state index contributed by atoms with van der Waals surface area (Å²) in [5, 5.41) is 3.75. The number of nitrogens with zero attached hydrogens (tertiary/aromatic N) is 3. The molecule has 2 aromatic heterocycles. The first-order valence-corrected chi connectivity index (χ1v) is 8.38. The van der Waals surface area contributed by atoms with Crippen LogP contribution < -0.4 is 10.2 Å². The molecular weight excluding hydrogens is 316 g/mol. The number of amides is 1. The van der Waals surface area contributed by atoms with E-state index in [1.807, 2.05) is 36.4 Å². The van der Waals surface area contributed by atoms with Crippen LogP contribution in [0.1, 0.15) is 10.6 Å². The third-order valence-electron chi connectivity index (χ3n) is 4.48. The minimum atomic E-state index is -0.273. The van der Waals surface area contributed by atoms with E-state index in [0.717, 1.165) is 37.4 Å². The molecule has 0 atom stereocenters. The zero-order valence-corrected chi connectivity index (χ0v) is 14.1. The van der Waals surface area contributed by atoms with Gasteiger partial charge in [-0.2, -0.15) is 0 Å². The Morgan fingerprint density at radius 1 is 1.12 bits per heavy atom. The fraction of sp³-hybridized carbons (Fsp3) is 0.263. The Bertz CT molecular complexity index is 847. The van der Waals surface area contributed by atoms with Crippen molar-refractivity contribution in [3.05, 3.63) is 54.4 Å². The van der Waals surface area contributed by atoms with Crippen molar-refractivity contribution in [3.63, 3.8) is 0 Å². The van der Waals surface area contributed by atoms with E-state index in [-0.39, 0.29) is 5.91 Å². The van der Waals surface area contributed by atoms with Gasteiger partial charge in [-0.05, 0) is 31.3 Å². The van der Waals surface area contributed by atoms with Crippen LogP contribution in [-0.2, 0) is 0 Å². The molecule has 0 saturated carbocycles. The van der Waals surface area contributed by atoms with E-state index in [4.69, 9.17) is 4.42 Å². The lowest BCUT2D eigenvalue weighted by Crippen LogP contribution is -2.44. The number of piperazine rings is 1. The van der Waals surface area contributed by atoms with Crippen molar-refractivity contribution < 1.29 is 9.21 Å². The molecule has 1 aliphatic rings. The fourth-order valence-electron chi connectivity index (χ4n) is 2.97. The van der Waals surface area contributed by atoms with E-state index >= 15 is 0 Å². The summed E-state index contributed by atoms with van der Waals surface area (Å²) in [6, 6.07) is 13.1. The highest BCUT2D eigenvalue weighted by molar-refractivity contribution is 6.04. The van der Waals surface area contributed by atoms with Crippen LogP contribution in [0.2, 0.25) is 0 Å². The SMILES string of the molecule is CN1CCN(c2ccc(NC(=O)c3cc4ccccc4o3)cn2)CC1. The number of carbonyl (C=O) groups excluding carboxylic acids is 1. The minimum Gasteiger partial charge on any atom is -0.451 e. The lowest BCUT2D eigenvalue weighted by Gasteiger charge is -2.33. The van der Waals surface area contributed by atoms with Gasteiger partial charge < -0.3 is 19.5 Å². The Balaban J connectivity index is 1.44. The van der Waals surface area contributed by atoms with Crippen LogP contribution >= 0.6 is 0 Å². The van der Waals surface area contributed by atoms with E-state index in [9.17, 15) is 4.79 Å². The van der Waals surface area contributed by atoms with Crippen molar-refractivity contribution >= 4 is 28.4 Å². The normalized spacial score (nSPS) is 15.5. The van der Waals surface area contributed by atoms with Crippen LogP contribution in [-0.4, -0.2) is 49.0 Å². The van der Waals surface area contributed by atoms with Crippen LogP contribution in [0.4, 0.5) is 11.5 Å². The topological polar surface area (TPSA) is 61.6 Å². The molecule has 0 spiro atoms. The van der Waals surface area contributed by atoms with Gasteiger partial charge in [0, 0.05) is 31.6 Å². The maximum atomic E-state index is 12.4. The molecule has 0 aliphatic carbocycles. The van der Waals surface area contributed by atoms with Gasteiger partial charge in [-0.25, -0.2) is 4.98 Å². The van der Waals surface area contributed by atoms with Crippen molar-refractivity contribution in [1.29, 1.82) is 0 Å². The van der Waals surface area contributed by atoms with Crippen molar-refractivity contribution in [2.45, 2.75) is 0 Å². The Morgan fingerprint density at radius 2 is 1.92 bits per heavy atom. The summed E-state index contributed by atoms with van der Waals surface area (Å²) >= 11 is 0. The molecule has 1 amide bonds.